The fourth-order valence-electron chi connectivity index (χ4n) is 6.32. The molecule has 13 heteroatoms. The third kappa shape index (κ3) is 6.56. The van der Waals surface area contributed by atoms with Gasteiger partial charge in [0.2, 0.25) is 5.91 Å². The lowest BCUT2D eigenvalue weighted by atomic mass is 9.81. The van der Waals surface area contributed by atoms with E-state index in [4.69, 9.17) is 4.74 Å². The molecule has 0 unspecified atom stereocenters. The van der Waals surface area contributed by atoms with Crippen LogP contribution in [0.15, 0.2) is 72.6 Å². The molecule has 232 valence electrons. The van der Waals surface area contributed by atoms with Crippen LogP contribution in [0, 0.1) is 23.6 Å². The summed E-state index contributed by atoms with van der Waals surface area (Å²) in [6.07, 6.45) is -5.95. The van der Waals surface area contributed by atoms with Gasteiger partial charge in [-0.1, -0.05) is 17.7 Å². The van der Waals surface area contributed by atoms with Crippen molar-refractivity contribution < 1.29 is 45.1 Å². The SMILES string of the molecule is COc1ccc(-c2cccnc2)cc1C(=O)N[C@@H]1[C@@H](CC(=O)Nc2ccc(F)c(C(F)(F)F)c2)[C@H]2CC[C@@H]1/C2=C\C(F)(F)F. The van der Waals surface area contributed by atoms with Gasteiger partial charge in [0.05, 0.1) is 18.2 Å². The number of hydrogen-bond acceptors (Lipinski definition) is 4. The summed E-state index contributed by atoms with van der Waals surface area (Å²) in [6, 6.07) is 9.46. The van der Waals surface area contributed by atoms with E-state index in [1.165, 1.54) is 7.11 Å². The number of allylic oxidation sites excluding steroid dienone is 1. The predicted octanol–water partition coefficient (Wildman–Crippen LogP) is 7.19. The predicted molar refractivity (Wildman–Crippen MR) is 146 cm³/mol. The average Bonchev–Trinajstić information content (AvgIpc) is 3.46. The first kappa shape index (κ1) is 31.0. The maximum atomic E-state index is 13.7. The minimum absolute atomic E-state index is 0.0674. The molecule has 2 saturated carbocycles. The van der Waals surface area contributed by atoms with E-state index in [9.17, 15) is 40.3 Å². The molecule has 3 aromatic rings. The van der Waals surface area contributed by atoms with Gasteiger partial charge in [-0.2, -0.15) is 26.3 Å². The van der Waals surface area contributed by atoms with Crippen LogP contribution in [0.3, 0.4) is 0 Å². The number of rotatable bonds is 7. The number of nitrogens with one attached hydrogen (secondary N) is 2. The summed E-state index contributed by atoms with van der Waals surface area (Å²) in [5.74, 6) is -4.91. The lowest BCUT2D eigenvalue weighted by molar-refractivity contribution is -0.140. The van der Waals surface area contributed by atoms with Gasteiger partial charge in [-0.05, 0) is 66.6 Å². The van der Waals surface area contributed by atoms with Crippen LogP contribution in [0.5, 0.6) is 5.75 Å². The van der Waals surface area contributed by atoms with Crippen molar-refractivity contribution in [3.05, 3.63) is 89.5 Å². The van der Waals surface area contributed by atoms with Gasteiger partial charge in [0, 0.05) is 48.1 Å². The van der Waals surface area contributed by atoms with Crippen molar-refractivity contribution in [2.24, 2.45) is 17.8 Å². The monoisotopic (exact) mass is 621 g/mol. The zero-order chi connectivity index (χ0) is 31.8. The molecule has 5 rings (SSSR count). The van der Waals surface area contributed by atoms with E-state index in [0.717, 1.165) is 6.07 Å². The van der Waals surface area contributed by atoms with Crippen LogP contribution in [-0.4, -0.2) is 36.1 Å². The Morgan fingerprint density at radius 1 is 1.00 bits per heavy atom. The summed E-state index contributed by atoms with van der Waals surface area (Å²) in [5, 5.41) is 5.13. The van der Waals surface area contributed by atoms with Gasteiger partial charge >= 0.3 is 12.4 Å². The number of fused-ring (bicyclic) bond motifs is 2. The highest BCUT2D eigenvalue weighted by Crippen LogP contribution is 2.54. The van der Waals surface area contributed by atoms with Crippen LogP contribution in [0.2, 0.25) is 0 Å². The Balaban J connectivity index is 1.42. The van der Waals surface area contributed by atoms with Gasteiger partial charge in [-0.25, -0.2) is 4.39 Å². The summed E-state index contributed by atoms with van der Waals surface area (Å²) < 4.78 is 99.0. The number of alkyl halides is 6. The summed E-state index contributed by atoms with van der Waals surface area (Å²) >= 11 is 0. The lowest BCUT2D eigenvalue weighted by Crippen LogP contribution is -2.45. The van der Waals surface area contributed by atoms with E-state index < -0.39 is 65.8 Å². The van der Waals surface area contributed by atoms with Crippen LogP contribution >= 0.6 is 0 Å². The molecule has 2 aromatic carbocycles. The Bertz CT molecular complexity index is 1590. The van der Waals surface area contributed by atoms with Crippen molar-refractivity contribution in [2.45, 2.75) is 37.7 Å². The number of carbonyl (C=O) groups is 2. The molecule has 0 spiro atoms. The first-order chi connectivity index (χ1) is 20.7. The molecule has 44 heavy (non-hydrogen) atoms. The quantitative estimate of drug-likeness (QED) is 0.216. The zero-order valence-electron chi connectivity index (χ0n) is 23.1. The molecule has 0 aliphatic heterocycles. The molecule has 6 nitrogen and oxygen atoms in total. The fraction of sp³-hybridized carbons (Fsp3) is 0.323. The van der Waals surface area contributed by atoms with Crippen LogP contribution in [0.4, 0.5) is 36.4 Å². The van der Waals surface area contributed by atoms with Crippen molar-refractivity contribution in [2.75, 3.05) is 12.4 Å². The largest absolute Gasteiger partial charge is 0.496 e. The van der Waals surface area contributed by atoms with Crippen LogP contribution in [0.25, 0.3) is 11.1 Å². The molecule has 2 aliphatic rings. The van der Waals surface area contributed by atoms with E-state index >= 15 is 0 Å². The number of ether oxygens (including phenoxy) is 1. The molecule has 2 fully saturated rings. The Labute approximate surface area is 247 Å². The third-order valence-corrected chi connectivity index (χ3v) is 8.10. The topological polar surface area (TPSA) is 80.3 Å². The number of aromatic nitrogens is 1. The molecule has 2 amide bonds. The summed E-state index contributed by atoms with van der Waals surface area (Å²) in [6.45, 7) is 0. The molecule has 0 saturated heterocycles. The Morgan fingerprint density at radius 2 is 1.75 bits per heavy atom. The molecule has 4 atom stereocenters. The fourth-order valence-corrected chi connectivity index (χ4v) is 6.32. The van der Waals surface area contributed by atoms with Crippen molar-refractivity contribution in [3.8, 4) is 16.9 Å². The van der Waals surface area contributed by atoms with Crippen molar-refractivity contribution in [1.29, 1.82) is 0 Å². The van der Waals surface area contributed by atoms with Crippen molar-refractivity contribution in [3.63, 3.8) is 0 Å². The second kappa shape index (κ2) is 11.9. The molecule has 1 heterocycles. The molecule has 1 aromatic heterocycles. The second-order valence-electron chi connectivity index (χ2n) is 10.7. The van der Waals surface area contributed by atoms with E-state index in [1.54, 1.807) is 42.7 Å². The van der Waals surface area contributed by atoms with E-state index in [0.29, 0.717) is 36.1 Å². The highest BCUT2D eigenvalue weighted by Gasteiger charge is 2.53. The number of methoxy groups -OCH3 is 1. The second-order valence-corrected chi connectivity index (χ2v) is 10.7. The minimum atomic E-state index is -5.00. The number of nitrogens with zero attached hydrogens (tertiary/aromatic N) is 1. The Hall–Kier alpha value is -4.42. The standard InChI is InChI=1S/C31H26F7N3O3/c1-44-26-9-4-16(17-3-2-10-39-15-17)11-22(26)29(43)41-28-20-7-6-19(23(20)14-30(33,34)35)21(28)13-27(42)40-18-5-8-25(32)24(12-18)31(36,37)38/h2-5,8-12,14-15,19-21,28H,6-7,13H2,1H3,(H,40,42)(H,41,43)/b23-14-/t19-,20-,21+,28+/m1/s1. The molecular weight excluding hydrogens is 595 g/mol. The number of anilines is 1. The van der Waals surface area contributed by atoms with Crippen LogP contribution in [0.1, 0.15) is 35.2 Å². The van der Waals surface area contributed by atoms with Gasteiger partial charge in [-0.15, -0.1) is 0 Å². The molecule has 0 radical (unpaired) electrons. The van der Waals surface area contributed by atoms with Gasteiger partial charge in [-0.3, -0.25) is 14.6 Å². The first-order valence-electron chi connectivity index (χ1n) is 13.6. The first-order valence-corrected chi connectivity index (χ1v) is 13.6. The highest BCUT2D eigenvalue weighted by atomic mass is 19.4. The summed E-state index contributed by atoms with van der Waals surface area (Å²) in [5.41, 5.74) is -0.356. The van der Waals surface area contributed by atoms with E-state index in [1.807, 2.05) is 0 Å². The van der Waals surface area contributed by atoms with Crippen LogP contribution in [-0.2, 0) is 11.0 Å². The number of halogens is 7. The third-order valence-electron chi connectivity index (χ3n) is 8.10. The smallest absolute Gasteiger partial charge is 0.419 e. The number of benzene rings is 2. The van der Waals surface area contributed by atoms with Gasteiger partial charge in [0.1, 0.15) is 11.6 Å². The van der Waals surface area contributed by atoms with Gasteiger partial charge in [0.25, 0.3) is 5.91 Å². The van der Waals surface area contributed by atoms with Crippen molar-refractivity contribution >= 4 is 17.5 Å². The number of carbonyl (C=O) groups excluding carboxylic acids is 2. The van der Waals surface area contributed by atoms with Crippen LogP contribution < -0.4 is 15.4 Å². The number of pyridine rings is 1. The molecule has 2 N–H and O–H groups in total. The van der Waals surface area contributed by atoms with Gasteiger partial charge in [0.15, 0.2) is 0 Å². The molecule has 2 aliphatic carbocycles. The Kier molecular flexibility index (Phi) is 8.41. The maximum absolute atomic E-state index is 13.7. The average molecular weight is 622 g/mol. The lowest BCUT2D eigenvalue weighted by Gasteiger charge is -2.31. The maximum Gasteiger partial charge on any atom is 0.419 e. The zero-order valence-corrected chi connectivity index (χ0v) is 23.1. The Morgan fingerprint density at radius 3 is 2.41 bits per heavy atom. The van der Waals surface area contributed by atoms with Crippen molar-refractivity contribution in [1.82, 2.24) is 10.3 Å². The minimum Gasteiger partial charge on any atom is -0.496 e. The molecule has 2 bridgehead atoms. The highest BCUT2D eigenvalue weighted by molar-refractivity contribution is 5.98. The number of hydrogen-bond donors (Lipinski definition) is 2. The summed E-state index contributed by atoms with van der Waals surface area (Å²) in [7, 11) is 1.37. The number of amides is 2. The summed E-state index contributed by atoms with van der Waals surface area (Å²) in [4.78, 5) is 30.7. The normalized spacial score (nSPS) is 22.2. The van der Waals surface area contributed by atoms with E-state index in [2.05, 4.69) is 15.6 Å². The molecular formula is C31H26F7N3O3. The van der Waals surface area contributed by atoms with Gasteiger partial charge < -0.3 is 15.4 Å². The van der Waals surface area contributed by atoms with E-state index in [-0.39, 0.29) is 28.6 Å².